The first-order valence-corrected chi connectivity index (χ1v) is 11.2. The Hall–Kier alpha value is -3.28. The van der Waals surface area contributed by atoms with Crippen LogP contribution in [0.25, 0.3) is 11.3 Å². The van der Waals surface area contributed by atoms with Crippen molar-refractivity contribution < 1.29 is 14.3 Å². The van der Waals surface area contributed by atoms with E-state index in [2.05, 4.69) is 36.2 Å². The molecule has 2 aromatic carbocycles. The van der Waals surface area contributed by atoms with Crippen LogP contribution in [0.1, 0.15) is 61.8 Å². The predicted molar refractivity (Wildman–Crippen MR) is 125 cm³/mol. The number of carbonyl (C=O) groups is 1. The highest BCUT2D eigenvalue weighted by atomic mass is 16.5. The molecule has 0 saturated carbocycles. The number of aromatic nitrogens is 2. The van der Waals surface area contributed by atoms with Gasteiger partial charge >= 0.3 is 0 Å². The molecule has 4 rings (SSSR count). The molecule has 1 atom stereocenters. The summed E-state index contributed by atoms with van der Waals surface area (Å²) in [6.07, 6.45) is 1.02. The van der Waals surface area contributed by atoms with Crippen molar-refractivity contribution in [2.75, 3.05) is 13.7 Å². The number of carbonyl (C=O) groups excluding carboxylic acids is 1. The Labute approximate surface area is 189 Å². The second-order valence-electron chi connectivity index (χ2n) is 8.90. The largest absolute Gasteiger partial charge is 0.497 e. The van der Waals surface area contributed by atoms with E-state index in [4.69, 9.17) is 9.47 Å². The summed E-state index contributed by atoms with van der Waals surface area (Å²) in [6.45, 7) is 9.16. The number of amides is 1. The van der Waals surface area contributed by atoms with Gasteiger partial charge in [-0.3, -0.25) is 9.89 Å². The van der Waals surface area contributed by atoms with E-state index in [0.717, 1.165) is 40.3 Å². The lowest BCUT2D eigenvalue weighted by molar-refractivity contribution is 0.0688. The van der Waals surface area contributed by atoms with E-state index >= 15 is 0 Å². The monoisotopic (exact) mass is 433 g/mol. The molecule has 0 aliphatic carbocycles. The first-order valence-electron chi connectivity index (χ1n) is 11.2. The number of hydrogen-bond acceptors (Lipinski definition) is 4. The molecule has 0 spiro atoms. The van der Waals surface area contributed by atoms with Gasteiger partial charge in [-0.2, -0.15) is 5.10 Å². The van der Waals surface area contributed by atoms with E-state index in [1.165, 1.54) is 0 Å². The minimum Gasteiger partial charge on any atom is -0.497 e. The van der Waals surface area contributed by atoms with Gasteiger partial charge in [0.15, 0.2) is 0 Å². The van der Waals surface area contributed by atoms with Crippen LogP contribution in [0.2, 0.25) is 0 Å². The normalized spacial score (nSPS) is 15.5. The lowest BCUT2D eigenvalue weighted by atomic mass is 9.95. The van der Waals surface area contributed by atoms with E-state index in [9.17, 15) is 4.79 Å². The standard InChI is InChI=1S/C26H31N3O3/c1-16(2)14-15-32-21-12-8-19(9-13-21)25-22-23(18-6-10-20(31-5)11-7-18)27-28-24(22)26(30)29(25)17(3)4/h6-13,16-17,25H,14-15H2,1-5H3,(H,27,28). The van der Waals surface area contributed by atoms with Crippen molar-refractivity contribution in [3.8, 4) is 22.8 Å². The molecule has 0 fully saturated rings. The van der Waals surface area contributed by atoms with Gasteiger partial charge in [-0.1, -0.05) is 26.0 Å². The van der Waals surface area contributed by atoms with Crippen molar-refractivity contribution in [2.24, 2.45) is 5.92 Å². The summed E-state index contributed by atoms with van der Waals surface area (Å²) >= 11 is 0. The van der Waals surface area contributed by atoms with Crippen LogP contribution in [0.5, 0.6) is 11.5 Å². The smallest absolute Gasteiger partial charge is 0.273 e. The molecule has 0 saturated heterocycles. The third kappa shape index (κ3) is 4.09. The zero-order chi connectivity index (χ0) is 22.8. The van der Waals surface area contributed by atoms with Gasteiger partial charge in [-0.05, 0) is 68.1 Å². The molecule has 1 aliphatic heterocycles. The number of fused-ring (bicyclic) bond motifs is 1. The Morgan fingerprint density at radius 3 is 2.25 bits per heavy atom. The van der Waals surface area contributed by atoms with Crippen LogP contribution in [-0.2, 0) is 0 Å². The Balaban J connectivity index is 1.70. The maximum Gasteiger partial charge on any atom is 0.273 e. The molecule has 1 amide bonds. The zero-order valence-corrected chi connectivity index (χ0v) is 19.4. The molecule has 3 aromatic rings. The van der Waals surface area contributed by atoms with E-state index in [0.29, 0.717) is 18.2 Å². The molecule has 32 heavy (non-hydrogen) atoms. The van der Waals surface area contributed by atoms with E-state index < -0.39 is 0 Å². The van der Waals surface area contributed by atoms with Gasteiger partial charge in [0.1, 0.15) is 17.2 Å². The van der Waals surface area contributed by atoms with Gasteiger partial charge in [0, 0.05) is 17.2 Å². The number of nitrogens with zero attached hydrogens (tertiary/aromatic N) is 2. The summed E-state index contributed by atoms with van der Waals surface area (Å²) < 4.78 is 11.2. The number of ether oxygens (including phenoxy) is 2. The van der Waals surface area contributed by atoms with Crippen molar-refractivity contribution in [1.82, 2.24) is 15.1 Å². The second-order valence-corrected chi connectivity index (χ2v) is 8.90. The Bertz CT molecular complexity index is 1070. The number of aromatic amines is 1. The Morgan fingerprint density at radius 2 is 1.66 bits per heavy atom. The van der Waals surface area contributed by atoms with Gasteiger partial charge in [0.05, 0.1) is 25.5 Å². The van der Waals surface area contributed by atoms with Crippen LogP contribution in [-0.4, -0.2) is 40.8 Å². The molecule has 0 bridgehead atoms. The van der Waals surface area contributed by atoms with E-state index in [1.807, 2.05) is 55.1 Å². The van der Waals surface area contributed by atoms with Crippen molar-refractivity contribution >= 4 is 5.91 Å². The Kier molecular flexibility index (Phi) is 6.21. The molecule has 1 unspecified atom stereocenters. The molecule has 2 heterocycles. The summed E-state index contributed by atoms with van der Waals surface area (Å²) in [5.41, 5.74) is 4.26. The van der Waals surface area contributed by atoms with Crippen LogP contribution in [0.4, 0.5) is 0 Å². The number of benzene rings is 2. The topological polar surface area (TPSA) is 67.5 Å². The number of rotatable bonds is 8. The van der Waals surface area contributed by atoms with Gasteiger partial charge < -0.3 is 14.4 Å². The quantitative estimate of drug-likeness (QED) is 0.512. The first-order chi connectivity index (χ1) is 15.4. The molecular weight excluding hydrogens is 402 g/mol. The van der Waals surface area contributed by atoms with Crippen molar-refractivity contribution in [3.63, 3.8) is 0 Å². The average molecular weight is 434 g/mol. The molecule has 168 valence electrons. The highest BCUT2D eigenvalue weighted by Crippen LogP contribution is 2.44. The zero-order valence-electron chi connectivity index (χ0n) is 19.4. The number of hydrogen-bond donors (Lipinski definition) is 1. The fraction of sp³-hybridized carbons (Fsp3) is 0.385. The predicted octanol–water partition coefficient (Wildman–Crippen LogP) is 5.46. The minimum atomic E-state index is -0.210. The molecule has 1 aromatic heterocycles. The molecule has 0 radical (unpaired) electrons. The van der Waals surface area contributed by atoms with E-state index in [1.54, 1.807) is 7.11 Å². The fourth-order valence-electron chi connectivity index (χ4n) is 4.15. The van der Waals surface area contributed by atoms with Crippen molar-refractivity contribution in [3.05, 3.63) is 65.4 Å². The fourth-order valence-corrected chi connectivity index (χ4v) is 4.15. The van der Waals surface area contributed by atoms with Crippen LogP contribution in [0.3, 0.4) is 0 Å². The summed E-state index contributed by atoms with van der Waals surface area (Å²) in [4.78, 5) is 15.2. The third-order valence-corrected chi connectivity index (χ3v) is 5.88. The first kappa shape index (κ1) is 21.9. The van der Waals surface area contributed by atoms with Crippen LogP contribution in [0.15, 0.2) is 48.5 Å². The van der Waals surface area contributed by atoms with Gasteiger partial charge in [-0.25, -0.2) is 0 Å². The molecule has 6 heteroatoms. The highest BCUT2D eigenvalue weighted by Gasteiger charge is 2.43. The number of methoxy groups -OCH3 is 1. The maximum atomic E-state index is 13.2. The molecule has 1 N–H and O–H groups in total. The summed E-state index contributed by atoms with van der Waals surface area (Å²) in [5, 5.41) is 7.52. The van der Waals surface area contributed by atoms with Gasteiger partial charge in [-0.15, -0.1) is 0 Å². The summed E-state index contributed by atoms with van der Waals surface area (Å²) in [6, 6.07) is 15.7. The third-order valence-electron chi connectivity index (χ3n) is 5.88. The van der Waals surface area contributed by atoms with Crippen LogP contribution >= 0.6 is 0 Å². The summed E-state index contributed by atoms with van der Waals surface area (Å²) in [5.74, 6) is 2.21. The second kappa shape index (κ2) is 9.07. The highest BCUT2D eigenvalue weighted by molar-refractivity contribution is 6.00. The molecule has 1 aliphatic rings. The van der Waals surface area contributed by atoms with Crippen molar-refractivity contribution in [2.45, 2.75) is 46.2 Å². The number of nitrogens with one attached hydrogen (secondary N) is 1. The average Bonchev–Trinajstić information content (AvgIpc) is 3.33. The van der Waals surface area contributed by atoms with Crippen LogP contribution < -0.4 is 9.47 Å². The lowest BCUT2D eigenvalue weighted by Gasteiger charge is -2.30. The Morgan fingerprint density at radius 1 is 1.00 bits per heavy atom. The van der Waals surface area contributed by atoms with Gasteiger partial charge in [0.25, 0.3) is 5.91 Å². The van der Waals surface area contributed by atoms with Crippen LogP contribution in [0, 0.1) is 5.92 Å². The molecular formula is C26H31N3O3. The van der Waals surface area contributed by atoms with Crippen molar-refractivity contribution in [1.29, 1.82) is 0 Å². The lowest BCUT2D eigenvalue weighted by Crippen LogP contribution is -2.35. The molecule has 6 nitrogen and oxygen atoms in total. The summed E-state index contributed by atoms with van der Waals surface area (Å²) in [7, 11) is 1.65. The maximum absolute atomic E-state index is 13.2. The number of H-pyrrole nitrogens is 1. The van der Waals surface area contributed by atoms with E-state index in [-0.39, 0.29) is 18.0 Å². The SMILES string of the molecule is COc1ccc(-c2n[nH]c3c2C(c2ccc(OCCC(C)C)cc2)N(C(C)C)C3=O)cc1. The minimum absolute atomic E-state index is 0.0236. The van der Waals surface area contributed by atoms with Gasteiger partial charge in [0.2, 0.25) is 0 Å².